The highest BCUT2D eigenvalue weighted by Crippen LogP contribution is 2.18. The van der Waals surface area contributed by atoms with Gasteiger partial charge in [-0.3, -0.25) is 4.79 Å². The Morgan fingerprint density at radius 1 is 1.25 bits per heavy atom. The van der Waals surface area contributed by atoms with Gasteiger partial charge in [0.2, 0.25) is 5.24 Å². The first kappa shape index (κ1) is 12.0. The van der Waals surface area contributed by atoms with Gasteiger partial charge in [-0.2, -0.15) is 0 Å². The minimum atomic E-state index is -0.418. The minimum absolute atomic E-state index is 0.418. The third kappa shape index (κ3) is 4.78. The van der Waals surface area contributed by atoms with E-state index < -0.39 is 5.24 Å². The quantitative estimate of drug-likeness (QED) is 0.382. The Balaban J connectivity index is 4.00. The van der Waals surface area contributed by atoms with Crippen LogP contribution in [0, 0.1) is 0 Å². The van der Waals surface area contributed by atoms with E-state index in [1.54, 1.807) is 6.92 Å². The molecular formula is C9H14Cl2O. The van der Waals surface area contributed by atoms with Gasteiger partial charge in [0.25, 0.3) is 0 Å². The zero-order valence-electron chi connectivity index (χ0n) is 7.49. The fourth-order valence-corrected chi connectivity index (χ4v) is 1.42. The third-order valence-electron chi connectivity index (χ3n) is 1.68. The molecule has 0 aromatic rings. The van der Waals surface area contributed by atoms with Gasteiger partial charge in [-0.15, -0.1) is 0 Å². The number of carbonyl (C=O) groups excluding carboxylic acids is 1. The van der Waals surface area contributed by atoms with Crippen LogP contribution in [0.4, 0.5) is 0 Å². The summed E-state index contributed by atoms with van der Waals surface area (Å²) in [6, 6.07) is 0. The summed E-state index contributed by atoms with van der Waals surface area (Å²) in [5.41, 5.74) is 0.562. The second kappa shape index (κ2) is 6.50. The van der Waals surface area contributed by atoms with E-state index in [4.69, 9.17) is 23.2 Å². The van der Waals surface area contributed by atoms with Gasteiger partial charge in [0, 0.05) is 10.6 Å². The first-order valence-electron chi connectivity index (χ1n) is 4.14. The molecule has 1 nitrogen and oxygen atoms in total. The number of hydrogen-bond acceptors (Lipinski definition) is 1. The van der Waals surface area contributed by atoms with Gasteiger partial charge in [-0.1, -0.05) is 31.4 Å². The standard InChI is InChI=1S/C9H14Cl2O/c1-3-4-5-6-8(7(2)10)9(11)12/h3-6H2,1-2H3. The number of rotatable bonds is 5. The summed E-state index contributed by atoms with van der Waals surface area (Å²) < 4.78 is 0. The number of carbonyl (C=O) groups is 1. The summed E-state index contributed by atoms with van der Waals surface area (Å²) in [5.74, 6) is 0. The fraction of sp³-hybridized carbons (Fsp3) is 0.667. The van der Waals surface area contributed by atoms with Crippen molar-refractivity contribution < 1.29 is 4.79 Å². The van der Waals surface area contributed by atoms with Crippen LogP contribution in [-0.4, -0.2) is 5.24 Å². The maximum absolute atomic E-state index is 10.8. The zero-order valence-corrected chi connectivity index (χ0v) is 9.00. The van der Waals surface area contributed by atoms with Crippen LogP contribution in [0.1, 0.15) is 39.5 Å². The van der Waals surface area contributed by atoms with Crippen molar-refractivity contribution in [2.45, 2.75) is 39.5 Å². The average molecular weight is 209 g/mol. The van der Waals surface area contributed by atoms with Crippen LogP contribution in [0.5, 0.6) is 0 Å². The van der Waals surface area contributed by atoms with E-state index in [0.29, 0.717) is 17.0 Å². The summed E-state index contributed by atoms with van der Waals surface area (Å²) in [4.78, 5) is 10.8. The molecule has 0 atom stereocenters. The lowest BCUT2D eigenvalue weighted by molar-refractivity contribution is -0.108. The molecule has 0 unspecified atom stereocenters. The lowest BCUT2D eigenvalue weighted by atomic mass is 10.1. The number of halogens is 2. The summed E-state index contributed by atoms with van der Waals surface area (Å²) >= 11 is 11.0. The summed E-state index contributed by atoms with van der Waals surface area (Å²) in [6.45, 7) is 3.81. The maximum Gasteiger partial charge on any atom is 0.249 e. The van der Waals surface area contributed by atoms with E-state index in [1.165, 1.54) is 0 Å². The molecule has 0 spiro atoms. The molecule has 0 rings (SSSR count). The second-order valence-corrected chi connectivity index (χ2v) is 3.65. The number of allylic oxidation sites excluding steroid dienone is 2. The Morgan fingerprint density at radius 3 is 2.17 bits per heavy atom. The van der Waals surface area contributed by atoms with Gasteiger partial charge in [0.15, 0.2) is 0 Å². The first-order chi connectivity index (χ1) is 5.59. The van der Waals surface area contributed by atoms with Gasteiger partial charge >= 0.3 is 0 Å². The predicted octanol–water partition coefficient (Wildman–Crippen LogP) is 3.84. The highest BCUT2D eigenvalue weighted by atomic mass is 35.5. The highest BCUT2D eigenvalue weighted by molar-refractivity contribution is 6.68. The fourth-order valence-electron chi connectivity index (χ4n) is 0.958. The van der Waals surface area contributed by atoms with Crippen LogP contribution < -0.4 is 0 Å². The van der Waals surface area contributed by atoms with Gasteiger partial charge in [-0.25, -0.2) is 0 Å². The predicted molar refractivity (Wildman–Crippen MR) is 53.6 cm³/mol. The Morgan fingerprint density at radius 2 is 1.83 bits per heavy atom. The Bertz CT molecular complexity index is 181. The Kier molecular flexibility index (Phi) is 6.49. The molecule has 3 heteroatoms. The van der Waals surface area contributed by atoms with Crippen LogP contribution in [0.15, 0.2) is 10.6 Å². The zero-order chi connectivity index (χ0) is 9.56. The topological polar surface area (TPSA) is 17.1 Å². The molecule has 0 aliphatic rings. The third-order valence-corrected chi connectivity index (χ3v) is 2.14. The van der Waals surface area contributed by atoms with Crippen molar-refractivity contribution in [3.05, 3.63) is 10.6 Å². The van der Waals surface area contributed by atoms with Gasteiger partial charge in [-0.05, 0) is 31.4 Å². The van der Waals surface area contributed by atoms with Crippen molar-refractivity contribution >= 4 is 28.4 Å². The van der Waals surface area contributed by atoms with Gasteiger partial charge < -0.3 is 0 Å². The van der Waals surface area contributed by atoms with E-state index in [9.17, 15) is 4.79 Å². The molecule has 12 heavy (non-hydrogen) atoms. The number of hydrogen-bond donors (Lipinski definition) is 0. The lowest BCUT2D eigenvalue weighted by Gasteiger charge is -2.02. The molecule has 0 heterocycles. The molecular weight excluding hydrogens is 195 g/mol. The summed E-state index contributed by atoms with van der Waals surface area (Å²) in [6.07, 6.45) is 3.92. The van der Waals surface area contributed by atoms with Crippen molar-refractivity contribution in [2.75, 3.05) is 0 Å². The molecule has 0 N–H and O–H groups in total. The van der Waals surface area contributed by atoms with E-state index in [2.05, 4.69) is 6.92 Å². The van der Waals surface area contributed by atoms with Crippen LogP contribution in [0.3, 0.4) is 0 Å². The van der Waals surface area contributed by atoms with E-state index in [0.717, 1.165) is 19.3 Å². The molecule has 0 amide bonds. The van der Waals surface area contributed by atoms with E-state index >= 15 is 0 Å². The molecule has 70 valence electrons. The monoisotopic (exact) mass is 208 g/mol. The molecule has 0 saturated carbocycles. The molecule has 0 radical (unpaired) electrons. The van der Waals surface area contributed by atoms with E-state index in [-0.39, 0.29) is 0 Å². The van der Waals surface area contributed by atoms with Crippen molar-refractivity contribution in [3.63, 3.8) is 0 Å². The molecule has 0 aliphatic carbocycles. The second-order valence-electron chi connectivity index (χ2n) is 2.74. The normalized spacial score (nSPS) is 12.7. The molecule has 0 fully saturated rings. The highest BCUT2D eigenvalue weighted by Gasteiger charge is 2.08. The summed E-state index contributed by atoms with van der Waals surface area (Å²) in [7, 11) is 0. The van der Waals surface area contributed by atoms with Gasteiger partial charge in [0.1, 0.15) is 0 Å². The summed E-state index contributed by atoms with van der Waals surface area (Å²) in [5, 5.41) is 0.102. The van der Waals surface area contributed by atoms with Crippen molar-refractivity contribution in [1.82, 2.24) is 0 Å². The lowest BCUT2D eigenvalue weighted by Crippen LogP contribution is -1.95. The largest absolute Gasteiger partial charge is 0.276 e. The average Bonchev–Trinajstić information content (AvgIpc) is 1.96. The maximum atomic E-state index is 10.8. The van der Waals surface area contributed by atoms with Crippen LogP contribution in [0.25, 0.3) is 0 Å². The number of unbranched alkanes of at least 4 members (excludes halogenated alkanes) is 2. The molecule has 0 saturated heterocycles. The Labute approximate surface area is 83.7 Å². The molecule has 0 aromatic carbocycles. The van der Waals surface area contributed by atoms with Crippen molar-refractivity contribution in [1.29, 1.82) is 0 Å². The smallest absolute Gasteiger partial charge is 0.249 e. The van der Waals surface area contributed by atoms with E-state index in [1.807, 2.05) is 0 Å². The SMILES string of the molecule is CCCCCC(C(=O)Cl)=C(C)Cl. The van der Waals surface area contributed by atoms with Crippen molar-refractivity contribution in [3.8, 4) is 0 Å². The molecule has 0 aromatic heterocycles. The van der Waals surface area contributed by atoms with Crippen LogP contribution in [0.2, 0.25) is 0 Å². The van der Waals surface area contributed by atoms with Gasteiger partial charge in [0.05, 0.1) is 0 Å². The molecule has 0 aliphatic heterocycles. The Hall–Kier alpha value is -0.0100. The van der Waals surface area contributed by atoms with Crippen molar-refractivity contribution in [2.24, 2.45) is 0 Å². The molecule has 0 bridgehead atoms. The first-order valence-corrected chi connectivity index (χ1v) is 4.90. The minimum Gasteiger partial charge on any atom is -0.276 e. The van der Waals surface area contributed by atoms with Crippen LogP contribution in [-0.2, 0) is 4.79 Å². The van der Waals surface area contributed by atoms with Crippen LogP contribution >= 0.6 is 23.2 Å².